The molecule has 0 spiro atoms. The van der Waals surface area contributed by atoms with Gasteiger partial charge in [0.1, 0.15) is 6.29 Å². The highest BCUT2D eigenvalue weighted by Gasteiger charge is 2.47. The molecule has 0 aliphatic carbocycles. The fraction of sp³-hybridized carbons (Fsp3) is 0.343. The fourth-order valence-corrected chi connectivity index (χ4v) is 4.76. The number of hydrogen-bond acceptors (Lipinski definition) is 6. The number of carbonyl (C=O) groups excluding carboxylic acids is 5. The van der Waals surface area contributed by atoms with Crippen molar-refractivity contribution in [2.75, 3.05) is 46.2 Å². The molecule has 3 aromatic carbocycles. The Labute approximate surface area is 278 Å². The van der Waals surface area contributed by atoms with Gasteiger partial charge in [0.2, 0.25) is 11.8 Å². The maximum absolute atomic E-state index is 13.2. The molecule has 0 heterocycles. The predicted molar refractivity (Wildman–Crippen MR) is 176 cm³/mol. The molecule has 0 saturated carbocycles. The standard InChI is InChI=1S/C20H19F3N2O3.C15H22N2O3/c1-25(2)19(28)15-12-13(6-5-11-26)9-10-17(15)24-18(27)14-7-3-4-8-16(14)20(21,22)23;1-4-16-13(18)15(11-20-3,14(19)17-5-2)12-9-7-6-8-10-12/h3-4,7-12H,5-6H2,1-2H3,(H,24,27);6-10H,4-5,11H2,1-3H3,(H,16,18)(H,17,19). The SMILES string of the molecule is CCNC(=O)C(COC)(C(=O)NCC)c1ccccc1.CN(C)C(=O)c1cc(CCC=O)ccc1NC(=O)c1ccccc1C(F)(F)F. The van der Waals surface area contributed by atoms with Crippen molar-refractivity contribution in [2.24, 2.45) is 0 Å². The van der Waals surface area contributed by atoms with E-state index >= 15 is 0 Å². The maximum Gasteiger partial charge on any atom is 0.417 e. The normalized spacial score (nSPS) is 11.0. The number of likely N-dealkylation sites (N-methyl/N-ethyl adjacent to an activating group) is 2. The van der Waals surface area contributed by atoms with Crippen molar-refractivity contribution in [3.63, 3.8) is 0 Å². The number of nitrogens with one attached hydrogen (secondary N) is 3. The Hall–Kier alpha value is -5.04. The van der Waals surface area contributed by atoms with E-state index in [1.165, 1.54) is 50.4 Å². The lowest BCUT2D eigenvalue weighted by Gasteiger charge is -2.30. The van der Waals surface area contributed by atoms with Gasteiger partial charge >= 0.3 is 6.18 Å². The third-order valence-electron chi connectivity index (χ3n) is 7.07. The van der Waals surface area contributed by atoms with Gasteiger partial charge in [-0.25, -0.2) is 0 Å². The van der Waals surface area contributed by atoms with Crippen LogP contribution in [0.25, 0.3) is 0 Å². The summed E-state index contributed by atoms with van der Waals surface area (Å²) in [6, 6.07) is 18.0. The first-order valence-corrected chi connectivity index (χ1v) is 15.1. The summed E-state index contributed by atoms with van der Waals surface area (Å²) in [7, 11) is 4.52. The van der Waals surface area contributed by atoms with Crippen LogP contribution in [0.15, 0.2) is 72.8 Å². The molecule has 258 valence electrons. The van der Waals surface area contributed by atoms with Crippen molar-refractivity contribution in [3.8, 4) is 0 Å². The van der Waals surface area contributed by atoms with Crippen molar-refractivity contribution in [1.82, 2.24) is 15.5 Å². The van der Waals surface area contributed by atoms with Crippen LogP contribution in [0.4, 0.5) is 18.9 Å². The number of methoxy groups -OCH3 is 1. The first-order chi connectivity index (χ1) is 22.8. The molecule has 0 saturated heterocycles. The number of hydrogen-bond donors (Lipinski definition) is 3. The lowest BCUT2D eigenvalue weighted by Crippen LogP contribution is -2.57. The summed E-state index contributed by atoms with van der Waals surface area (Å²) in [4.78, 5) is 61.9. The fourth-order valence-electron chi connectivity index (χ4n) is 4.76. The molecule has 0 atom stereocenters. The van der Waals surface area contributed by atoms with Crippen molar-refractivity contribution >= 4 is 35.6 Å². The lowest BCUT2D eigenvalue weighted by atomic mass is 9.79. The van der Waals surface area contributed by atoms with E-state index in [9.17, 15) is 37.1 Å². The number of amides is 4. The number of halogens is 3. The van der Waals surface area contributed by atoms with E-state index in [2.05, 4.69) is 16.0 Å². The van der Waals surface area contributed by atoms with Crippen molar-refractivity contribution in [3.05, 3.63) is 101 Å². The second kappa shape index (κ2) is 18.3. The van der Waals surface area contributed by atoms with E-state index < -0.39 is 34.5 Å². The maximum atomic E-state index is 13.2. The van der Waals surface area contributed by atoms with Crippen LogP contribution in [0, 0.1) is 0 Å². The number of rotatable bonds is 13. The quantitative estimate of drug-likeness (QED) is 0.179. The first kappa shape index (κ1) is 39.1. The van der Waals surface area contributed by atoms with E-state index in [0.29, 0.717) is 30.6 Å². The highest BCUT2D eigenvalue weighted by Crippen LogP contribution is 2.32. The number of carbonyl (C=O) groups is 5. The van der Waals surface area contributed by atoms with Crippen LogP contribution in [-0.2, 0) is 37.1 Å². The summed E-state index contributed by atoms with van der Waals surface area (Å²) in [6.45, 7) is 4.54. The van der Waals surface area contributed by atoms with Gasteiger partial charge in [0.05, 0.1) is 29.0 Å². The molecule has 0 radical (unpaired) electrons. The van der Waals surface area contributed by atoms with Gasteiger partial charge < -0.3 is 30.4 Å². The molecule has 0 aliphatic rings. The van der Waals surface area contributed by atoms with Crippen LogP contribution in [0.2, 0.25) is 0 Å². The van der Waals surface area contributed by atoms with Gasteiger partial charge in [-0.1, -0.05) is 48.5 Å². The minimum atomic E-state index is -4.69. The molecular weight excluding hydrogens is 629 g/mol. The molecule has 3 rings (SSSR count). The number of nitrogens with zero attached hydrogens (tertiary/aromatic N) is 1. The molecule has 3 N–H and O–H groups in total. The van der Waals surface area contributed by atoms with Gasteiger partial charge in [0, 0.05) is 40.7 Å². The average Bonchev–Trinajstić information content (AvgIpc) is 3.06. The zero-order valence-electron chi connectivity index (χ0n) is 27.6. The summed E-state index contributed by atoms with van der Waals surface area (Å²) in [6.07, 6.45) is -3.27. The van der Waals surface area contributed by atoms with E-state index in [-0.39, 0.29) is 36.1 Å². The number of benzene rings is 3. The zero-order chi connectivity index (χ0) is 35.9. The third kappa shape index (κ3) is 9.98. The molecule has 3 aromatic rings. The smallest absolute Gasteiger partial charge is 0.383 e. The Morgan fingerprint density at radius 1 is 0.833 bits per heavy atom. The predicted octanol–water partition coefficient (Wildman–Crippen LogP) is 4.63. The number of ether oxygens (including phenoxy) is 1. The number of anilines is 1. The van der Waals surface area contributed by atoms with Crippen molar-refractivity contribution in [1.29, 1.82) is 0 Å². The Bertz CT molecular complexity index is 1540. The summed E-state index contributed by atoms with van der Waals surface area (Å²) >= 11 is 0. The molecule has 10 nitrogen and oxygen atoms in total. The second-order valence-electron chi connectivity index (χ2n) is 10.7. The first-order valence-electron chi connectivity index (χ1n) is 15.1. The van der Waals surface area contributed by atoms with Gasteiger partial charge in [0.15, 0.2) is 5.41 Å². The third-order valence-corrected chi connectivity index (χ3v) is 7.07. The lowest BCUT2D eigenvalue weighted by molar-refractivity contribution is -0.141. The second-order valence-corrected chi connectivity index (χ2v) is 10.7. The van der Waals surface area contributed by atoms with E-state index in [1.807, 2.05) is 19.9 Å². The molecule has 0 unspecified atom stereocenters. The summed E-state index contributed by atoms with van der Waals surface area (Å²) in [5.41, 5.74) is -1.41. The minimum Gasteiger partial charge on any atom is -0.383 e. The molecule has 0 aromatic heterocycles. The highest BCUT2D eigenvalue weighted by atomic mass is 19.4. The Morgan fingerprint density at radius 3 is 1.94 bits per heavy atom. The topological polar surface area (TPSA) is 134 Å². The van der Waals surface area contributed by atoms with Crippen LogP contribution < -0.4 is 16.0 Å². The van der Waals surface area contributed by atoms with E-state index in [1.54, 1.807) is 30.3 Å². The monoisotopic (exact) mass is 670 g/mol. The Kier molecular flexibility index (Phi) is 15.0. The van der Waals surface area contributed by atoms with Gasteiger partial charge in [-0.15, -0.1) is 0 Å². The van der Waals surface area contributed by atoms with Crippen LogP contribution in [0.3, 0.4) is 0 Å². The molecule has 0 fully saturated rings. The van der Waals surface area contributed by atoms with E-state index in [4.69, 9.17) is 4.74 Å². The molecular formula is C35H41F3N4O6. The Balaban J connectivity index is 0.000000353. The molecule has 48 heavy (non-hydrogen) atoms. The minimum absolute atomic E-state index is 0.00528. The number of aryl methyl sites for hydroxylation is 1. The molecule has 4 amide bonds. The van der Waals surface area contributed by atoms with Gasteiger partial charge in [-0.2, -0.15) is 13.2 Å². The van der Waals surface area contributed by atoms with Crippen LogP contribution in [-0.4, -0.2) is 75.7 Å². The summed E-state index contributed by atoms with van der Waals surface area (Å²) < 4.78 is 44.7. The number of alkyl halides is 3. The Morgan fingerprint density at radius 2 is 1.42 bits per heavy atom. The van der Waals surface area contributed by atoms with Crippen LogP contribution >= 0.6 is 0 Å². The highest BCUT2D eigenvalue weighted by molar-refractivity contribution is 6.11. The van der Waals surface area contributed by atoms with Gasteiger partial charge in [-0.05, 0) is 55.7 Å². The van der Waals surface area contributed by atoms with Crippen molar-refractivity contribution < 1.29 is 41.9 Å². The van der Waals surface area contributed by atoms with Gasteiger partial charge in [-0.3, -0.25) is 19.2 Å². The van der Waals surface area contributed by atoms with E-state index in [0.717, 1.165) is 18.4 Å². The van der Waals surface area contributed by atoms with Crippen LogP contribution in [0.5, 0.6) is 0 Å². The van der Waals surface area contributed by atoms with Crippen molar-refractivity contribution in [2.45, 2.75) is 38.3 Å². The largest absolute Gasteiger partial charge is 0.417 e. The zero-order valence-corrected chi connectivity index (χ0v) is 27.6. The average molecular weight is 671 g/mol. The summed E-state index contributed by atoms with van der Waals surface area (Å²) in [5.74, 6) is -2.09. The molecule has 0 bridgehead atoms. The number of aldehydes is 1. The summed E-state index contributed by atoms with van der Waals surface area (Å²) in [5, 5.41) is 7.86. The van der Waals surface area contributed by atoms with Gasteiger partial charge in [0.25, 0.3) is 11.8 Å². The molecule has 13 heteroatoms. The van der Waals surface area contributed by atoms with Crippen LogP contribution in [0.1, 0.15) is 57.7 Å². The molecule has 0 aliphatic heterocycles.